The Labute approximate surface area is 162 Å². The molecule has 0 heterocycles. The summed E-state index contributed by atoms with van der Waals surface area (Å²) in [5.74, 6) is 0.632. The number of nitrogens with one attached hydrogen (secondary N) is 2. The van der Waals surface area contributed by atoms with E-state index in [1.54, 1.807) is 25.2 Å². The summed E-state index contributed by atoms with van der Waals surface area (Å²) in [6.45, 7) is 8.48. The van der Waals surface area contributed by atoms with Gasteiger partial charge >= 0.3 is 0 Å². The summed E-state index contributed by atoms with van der Waals surface area (Å²) in [6, 6.07) is 6.93. The van der Waals surface area contributed by atoms with Gasteiger partial charge in [-0.3, -0.25) is 4.99 Å². The van der Waals surface area contributed by atoms with E-state index >= 15 is 0 Å². The van der Waals surface area contributed by atoms with Gasteiger partial charge in [0.05, 0.1) is 6.54 Å². The first kappa shape index (κ1) is 22.9. The number of ether oxygens (including phenoxy) is 1. The second-order valence-electron chi connectivity index (χ2n) is 5.81. The van der Waals surface area contributed by atoms with Gasteiger partial charge in [0.25, 0.3) is 0 Å². The molecule has 0 spiro atoms. The lowest BCUT2D eigenvalue weighted by Crippen LogP contribution is -2.44. The molecule has 1 atom stereocenters. The Hall–Kier alpha value is -1.09. The standard InChI is InChI=1S/C17H29FN4O.HI/c1-13(2)22(5)11-10-20-17(19-4)21-12-14(3)23-16-9-7-6-8-15(16)18;/h6-9,13-14H,10-12H2,1-5H3,(H2,19,20,21);1H. The predicted octanol–water partition coefficient (Wildman–Crippen LogP) is 2.72. The molecule has 0 aliphatic carbocycles. The van der Waals surface area contributed by atoms with Crippen molar-refractivity contribution in [3.05, 3.63) is 30.1 Å². The summed E-state index contributed by atoms with van der Waals surface area (Å²) in [6.07, 6.45) is -0.177. The number of benzene rings is 1. The van der Waals surface area contributed by atoms with Crippen LogP contribution in [-0.2, 0) is 0 Å². The number of aliphatic imine (C=N–C) groups is 1. The number of rotatable bonds is 8. The fourth-order valence-corrected chi connectivity index (χ4v) is 1.87. The number of guanidine groups is 1. The van der Waals surface area contributed by atoms with Gasteiger partial charge in [-0.05, 0) is 40.0 Å². The smallest absolute Gasteiger partial charge is 0.191 e. The molecule has 0 aliphatic heterocycles. The molecule has 0 saturated carbocycles. The van der Waals surface area contributed by atoms with Crippen LogP contribution in [0, 0.1) is 5.82 Å². The van der Waals surface area contributed by atoms with Gasteiger partial charge in [0, 0.05) is 26.2 Å². The Morgan fingerprint density at radius 1 is 1.25 bits per heavy atom. The predicted molar refractivity (Wildman–Crippen MR) is 109 cm³/mol. The van der Waals surface area contributed by atoms with Crippen LogP contribution in [0.1, 0.15) is 20.8 Å². The Morgan fingerprint density at radius 3 is 2.50 bits per heavy atom. The highest BCUT2D eigenvalue weighted by atomic mass is 127. The minimum atomic E-state index is -0.349. The van der Waals surface area contributed by atoms with Crippen LogP contribution in [-0.4, -0.2) is 56.7 Å². The molecule has 0 bridgehead atoms. The van der Waals surface area contributed by atoms with E-state index in [4.69, 9.17) is 4.74 Å². The number of hydrogen-bond donors (Lipinski definition) is 2. The first-order valence-electron chi connectivity index (χ1n) is 8.00. The van der Waals surface area contributed by atoms with Crippen molar-refractivity contribution < 1.29 is 9.13 Å². The summed E-state index contributed by atoms with van der Waals surface area (Å²) in [5.41, 5.74) is 0. The molecule has 0 amide bonds. The zero-order chi connectivity index (χ0) is 17.2. The molecule has 0 radical (unpaired) electrons. The Kier molecular flexibility index (Phi) is 11.7. The maximum absolute atomic E-state index is 13.5. The van der Waals surface area contributed by atoms with E-state index in [2.05, 4.69) is 41.4 Å². The third-order valence-corrected chi connectivity index (χ3v) is 3.58. The molecule has 0 aliphatic rings. The van der Waals surface area contributed by atoms with E-state index in [1.165, 1.54) is 6.07 Å². The summed E-state index contributed by atoms with van der Waals surface area (Å²) < 4.78 is 19.1. The second-order valence-corrected chi connectivity index (χ2v) is 5.81. The van der Waals surface area contributed by atoms with Crippen LogP contribution in [0.15, 0.2) is 29.3 Å². The second kappa shape index (κ2) is 12.3. The van der Waals surface area contributed by atoms with Gasteiger partial charge < -0.3 is 20.3 Å². The third-order valence-electron chi connectivity index (χ3n) is 3.58. The molecule has 5 nitrogen and oxygen atoms in total. The quantitative estimate of drug-likeness (QED) is 0.362. The average Bonchev–Trinajstić information content (AvgIpc) is 2.52. The Bertz CT molecular complexity index is 499. The van der Waals surface area contributed by atoms with Gasteiger partial charge in [0.1, 0.15) is 6.10 Å². The van der Waals surface area contributed by atoms with E-state index in [0.29, 0.717) is 18.5 Å². The summed E-state index contributed by atoms with van der Waals surface area (Å²) in [5, 5.41) is 6.44. The maximum Gasteiger partial charge on any atom is 0.191 e. The number of likely N-dealkylation sites (N-methyl/N-ethyl adjacent to an activating group) is 1. The van der Waals surface area contributed by atoms with E-state index in [-0.39, 0.29) is 41.6 Å². The molecule has 1 rings (SSSR count). The first-order chi connectivity index (χ1) is 10.9. The van der Waals surface area contributed by atoms with Gasteiger partial charge in [0.2, 0.25) is 0 Å². The molecule has 1 aromatic rings. The third kappa shape index (κ3) is 8.68. The summed E-state index contributed by atoms with van der Waals surface area (Å²) in [4.78, 5) is 6.43. The highest BCUT2D eigenvalue weighted by Crippen LogP contribution is 2.16. The van der Waals surface area contributed by atoms with Crippen LogP contribution in [0.25, 0.3) is 0 Å². The maximum atomic E-state index is 13.5. The minimum absolute atomic E-state index is 0. The largest absolute Gasteiger partial charge is 0.486 e. The Morgan fingerprint density at radius 2 is 1.92 bits per heavy atom. The lowest BCUT2D eigenvalue weighted by atomic mass is 10.3. The van der Waals surface area contributed by atoms with Crippen LogP contribution in [0.3, 0.4) is 0 Å². The number of hydrogen-bond acceptors (Lipinski definition) is 3. The van der Waals surface area contributed by atoms with Crippen molar-refractivity contribution in [3.8, 4) is 5.75 Å². The normalized spacial score (nSPS) is 12.8. The van der Waals surface area contributed by atoms with Gasteiger partial charge in [-0.15, -0.1) is 24.0 Å². The van der Waals surface area contributed by atoms with Gasteiger partial charge in [-0.25, -0.2) is 4.39 Å². The zero-order valence-corrected chi connectivity index (χ0v) is 17.5. The highest BCUT2D eigenvalue weighted by Gasteiger charge is 2.09. The number of halogens is 2. The van der Waals surface area contributed by atoms with Crippen molar-refractivity contribution in [1.82, 2.24) is 15.5 Å². The van der Waals surface area contributed by atoms with Crippen LogP contribution in [0.2, 0.25) is 0 Å². The molecule has 0 aromatic heterocycles. The highest BCUT2D eigenvalue weighted by molar-refractivity contribution is 14.0. The molecule has 0 saturated heterocycles. The topological polar surface area (TPSA) is 48.9 Å². The van der Waals surface area contributed by atoms with Crippen molar-refractivity contribution in [2.75, 3.05) is 33.7 Å². The van der Waals surface area contributed by atoms with Crippen LogP contribution in [0.4, 0.5) is 4.39 Å². The van der Waals surface area contributed by atoms with E-state index in [9.17, 15) is 4.39 Å². The van der Waals surface area contributed by atoms with Gasteiger partial charge in [-0.2, -0.15) is 0 Å². The van der Waals surface area contributed by atoms with Crippen molar-refractivity contribution in [2.45, 2.75) is 32.9 Å². The lowest BCUT2D eigenvalue weighted by Gasteiger charge is -2.22. The van der Waals surface area contributed by atoms with Crippen molar-refractivity contribution in [3.63, 3.8) is 0 Å². The molecule has 2 N–H and O–H groups in total. The van der Waals surface area contributed by atoms with E-state index in [1.807, 2.05) is 6.92 Å². The minimum Gasteiger partial charge on any atom is -0.486 e. The van der Waals surface area contributed by atoms with Crippen molar-refractivity contribution in [2.24, 2.45) is 4.99 Å². The molecule has 1 aromatic carbocycles. The molecule has 7 heteroatoms. The number of nitrogens with zero attached hydrogens (tertiary/aromatic N) is 2. The molecular weight excluding hydrogens is 422 g/mol. The lowest BCUT2D eigenvalue weighted by molar-refractivity contribution is 0.214. The van der Waals surface area contributed by atoms with Crippen LogP contribution < -0.4 is 15.4 Å². The van der Waals surface area contributed by atoms with Crippen molar-refractivity contribution >= 4 is 29.9 Å². The van der Waals surface area contributed by atoms with E-state index in [0.717, 1.165) is 13.1 Å². The molecule has 0 fully saturated rings. The monoisotopic (exact) mass is 452 g/mol. The summed E-state index contributed by atoms with van der Waals surface area (Å²) >= 11 is 0. The van der Waals surface area contributed by atoms with E-state index < -0.39 is 0 Å². The van der Waals surface area contributed by atoms with Crippen LogP contribution >= 0.6 is 24.0 Å². The molecule has 138 valence electrons. The van der Waals surface area contributed by atoms with Crippen molar-refractivity contribution in [1.29, 1.82) is 0 Å². The van der Waals surface area contributed by atoms with Crippen LogP contribution in [0.5, 0.6) is 5.75 Å². The van der Waals surface area contributed by atoms with Gasteiger partial charge in [0.15, 0.2) is 17.5 Å². The average molecular weight is 452 g/mol. The molecular formula is C17H30FIN4O. The summed E-state index contributed by atoms with van der Waals surface area (Å²) in [7, 11) is 3.82. The fraction of sp³-hybridized carbons (Fsp3) is 0.588. The number of para-hydroxylation sites is 1. The molecule has 24 heavy (non-hydrogen) atoms. The SMILES string of the molecule is CN=C(NCCN(C)C(C)C)NCC(C)Oc1ccccc1F.I. The fourth-order valence-electron chi connectivity index (χ4n) is 1.87. The first-order valence-corrected chi connectivity index (χ1v) is 8.00. The Balaban J connectivity index is 0.00000529. The zero-order valence-electron chi connectivity index (χ0n) is 15.2. The van der Waals surface area contributed by atoms with Gasteiger partial charge in [-0.1, -0.05) is 12.1 Å². The molecule has 1 unspecified atom stereocenters.